The number of nitrogens with zero attached hydrogens (tertiary/aromatic N) is 1. The molecule has 1 aromatic carbocycles. The van der Waals surface area contributed by atoms with Gasteiger partial charge in [0.15, 0.2) is 11.5 Å². The van der Waals surface area contributed by atoms with Gasteiger partial charge >= 0.3 is 0 Å². The minimum atomic E-state index is -0.107. The highest BCUT2D eigenvalue weighted by Gasteiger charge is 2.42. The van der Waals surface area contributed by atoms with E-state index in [9.17, 15) is 4.79 Å². The third-order valence-corrected chi connectivity index (χ3v) is 5.44. The summed E-state index contributed by atoms with van der Waals surface area (Å²) in [5, 5.41) is 0. The van der Waals surface area contributed by atoms with E-state index in [-0.39, 0.29) is 18.7 Å². The molecule has 0 spiro atoms. The molecule has 6 heteroatoms. The topological polar surface area (TPSA) is 62.8 Å². The van der Waals surface area contributed by atoms with Gasteiger partial charge in [-0.25, -0.2) is 5.43 Å². The number of carbonyl (C=O) groups excluding carboxylic acids is 1. The predicted octanol–water partition coefficient (Wildman–Crippen LogP) is 1.80. The average Bonchev–Trinajstić information content (AvgIpc) is 3.25. The second-order valence-corrected chi connectivity index (χ2v) is 6.86. The van der Waals surface area contributed by atoms with Gasteiger partial charge < -0.3 is 14.4 Å². The number of carbonyl (C=O) groups is 1. The molecule has 1 saturated heterocycles. The summed E-state index contributed by atoms with van der Waals surface area (Å²) in [6.07, 6.45) is 4.77. The second kappa shape index (κ2) is 6.61. The van der Waals surface area contributed by atoms with Crippen LogP contribution in [0.5, 0.6) is 11.5 Å². The Morgan fingerprint density at radius 1 is 1.21 bits per heavy atom. The fraction of sp³-hybridized carbons (Fsp3) is 0.611. The van der Waals surface area contributed by atoms with Gasteiger partial charge in [0.2, 0.25) is 12.7 Å². The summed E-state index contributed by atoms with van der Waals surface area (Å²) >= 11 is 0. The molecule has 2 N–H and O–H groups in total. The van der Waals surface area contributed by atoms with Crippen LogP contribution in [0.25, 0.3) is 0 Å². The van der Waals surface area contributed by atoms with E-state index in [1.807, 2.05) is 30.0 Å². The zero-order chi connectivity index (χ0) is 16.5. The summed E-state index contributed by atoms with van der Waals surface area (Å²) in [7, 11) is 0. The van der Waals surface area contributed by atoms with Crippen LogP contribution >= 0.6 is 0 Å². The number of amides is 1. The van der Waals surface area contributed by atoms with Gasteiger partial charge in [0.25, 0.3) is 0 Å². The van der Waals surface area contributed by atoms with Crippen molar-refractivity contribution in [2.24, 2.45) is 5.92 Å². The average molecular weight is 331 g/mol. The highest BCUT2D eigenvalue weighted by Crippen LogP contribution is 2.34. The van der Waals surface area contributed by atoms with Crippen LogP contribution in [0.15, 0.2) is 18.2 Å². The predicted molar refractivity (Wildman–Crippen MR) is 89.5 cm³/mol. The van der Waals surface area contributed by atoms with Gasteiger partial charge in [-0.15, -0.1) is 0 Å². The molecule has 6 nitrogen and oxygen atoms in total. The zero-order valence-corrected chi connectivity index (χ0v) is 14.1. The molecule has 130 valence electrons. The van der Waals surface area contributed by atoms with Crippen molar-refractivity contribution in [1.29, 1.82) is 0 Å². The first-order valence-corrected chi connectivity index (χ1v) is 8.94. The molecule has 4 rings (SSSR count). The van der Waals surface area contributed by atoms with E-state index in [4.69, 9.17) is 9.47 Å². The van der Waals surface area contributed by atoms with Crippen molar-refractivity contribution in [2.45, 2.75) is 51.2 Å². The van der Waals surface area contributed by atoms with Crippen LogP contribution in [0.3, 0.4) is 0 Å². The number of hydrogen-bond acceptors (Lipinski definition) is 5. The Balaban J connectivity index is 1.46. The Morgan fingerprint density at radius 3 is 2.92 bits per heavy atom. The van der Waals surface area contributed by atoms with Gasteiger partial charge in [0.05, 0.1) is 0 Å². The normalized spacial score (nSPS) is 27.8. The van der Waals surface area contributed by atoms with Crippen molar-refractivity contribution in [1.82, 2.24) is 15.8 Å². The molecule has 0 aromatic heterocycles. The fourth-order valence-corrected chi connectivity index (χ4v) is 4.09. The first-order chi connectivity index (χ1) is 11.8. The Kier molecular flexibility index (Phi) is 4.33. The van der Waals surface area contributed by atoms with E-state index in [1.165, 1.54) is 12.8 Å². The Labute approximate surface area is 142 Å². The minimum absolute atomic E-state index is 0.107. The third-order valence-electron chi connectivity index (χ3n) is 5.44. The van der Waals surface area contributed by atoms with Crippen molar-refractivity contribution in [3.05, 3.63) is 23.8 Å². The molecule has 3 atom stereocenters. The molecule has 3 aliphatic rings. The summed E-state index contributed by atoms with van der Waals surface area (Å²) in [5.41, 5.74) is 7.66. The molecule has 1 amide bonds. The zero-order valence-electron chi connectivity index (χ0n) is 14.1. The van der Waals surface area contributed by atoms with Crippen molar-refractivity contribution >= 4 is 5.91 Å². The highest BCUT2D eigenvalue weighted by atomic mass is 16.7. The van der Waals surface area contributed by atoms with Gasteiger partial charge in [-0.2, -0.15) is 0 Å². The van der Waals surface area contributed by atoms with Crippen LogP contribution in [-0.2, 0) is 11.3 Å². The van der Waals surface area contributed by atoms with Crippen LogP contribution in [0, 0.1) is 5.92 Å². The monoisotopic (exact) mass is 331 g/mol. The maximum atomic E-state index is 13.0. The van der Waals surface area contributed by atoms with Gasteiger partial charge in [-0.1, -0.05) is 18.9 Å². The maximum absolute atomic E-state index is 13.0. The number of likely N-dealkylation sites (N-methyl/N-ethyl adjacent to an activating group) is 1. The van der Waals surface area contributed by atoms with Gasteiger partial charge in [-0.05, 0) is 37.5 Å². The molecule has 2 fully saturated rings. The van der Waals surface area contributed by atoms with E-state index < -0.39 is 0 Å². The molecule has 24 heavy (non-hydrogen) atoms. The molecule has 1 aromatic rings. The maximum Gasteiger partial charge on any atom is 0.241 e. The van der Waals surface area contributed by atoms with Crippen LogP contribution in [0.1, 0.15) is 38.2 Å². The number of benzene rings is 1. The van der Waals surface area contributed by atoms with Crippen LogP contribution in [0.2, 0.25) is 0 Å². The summed E-state index contributed by atoms with van der Waals surface area (Å²) in [4.78, 5) is 15.0. The van der Waals surface area contributed by atoms with Crippen LogP contribution < -0.4 is 20.3 Å². The Bertz CT molecular complexity index is 622. The summed E-state index contributed by atoms with van der Waals surface area (Å²) in [6, 6.07) is 6.23. The van der Waals surface area contributed by atoms with Crippen molar-refractivity contribution in [3.8, 4) is 11.5 Å². The van der Waals surface area contributed by atoms with Crippen molar-refractivity contribution in [3.63, 3.8) is 0 Å². The lowest BCUT2D eigenvalue weighted by molar-refractivity contribution is -0.134. The molecule has 1 aliphatic carbocycles. The number of hydrazine groups is 1. The summed E-state index contributed by atoms with van der Waals surface area (Å²) in [5.74, 6) is 2.15. The summed E-state index contributed by atoms with van der Waals surface area (Å²) < 4.78 is 10.8. The molecule has 0 radical (unpaired) electrons. The standard InChI is InChI=1S/C18H25N3O3/c1-2-21(10-12-7-8-15-16(9-12)24-11-23-15)18(22)17-13-5-3-4-6-14(13)19-20-17/h7-9,13-14,17,19-20H,2-6,10-11H2,1H3. The molecular formula is C18H25N3O3. The lowest BCUT2D eigenvalue weighted by atomic mass is 9.81. The first-order valence-electron chi connectivity index (χ1n) is 8.94. The van der Waals surface area contributed by atoms with Crippen molar-refractivity contribution in [2.75, 3.05) is 13.3 Å². The Morgan fingerprint density at radius 2 is 2.04 bits per heavy atom. The quantitative estimate of drug-likeness (QED) is 0.881. The van der Waals surface area contributed by atoms with E-state index in [0.29, 0.717) is 25.0 Å². The van der Waals surface area contributed by atoms with Gasteiger partial charge in [0, 0.05) is 25.0 Å². The largest absolute Gasteiger partial charge is 0.454 e. The van der Waals surface area contributed by atoms with E-state index in [0.717, 1.165) is 29.9 Å². The fourth-order valence-electron chi connectivity index (χ4n) is 4.09. The smallest absolute Gasteiger partial charge is 0.241 e. The number of nitrogens with one attached hydrogen (secondary N) is 2. The van der Waals surface area contributed by atoms with E-state index >= 15 is 0 Å². The van der Waals surface area contributed by atoms with E-state index in [1.54, 1.807) is 0 Å². The number of ether oxygens (including phenoxy) is 2. The van der Waals surface area contributed by atoms with Crippen LogP contribution in [-0.4, -0.2) is 36.2 Å². The highest BCUT2D eigenvalue weighted by molar-refractivity contribution is 5.82. The SMILES string of the molecule is CCN(Cc1ccc2c(c1)OCO2)C(=O)C1NNC2CCCCC21. The lowest BCUT2D eigenvalue weighted by Gasteiger charge is -2.30. The van der Waals surface area contributed by atoms with Gasteiger partial charge in [-0.3, -0.25) is 10.2 Å². The molecule has 2 aliphatic heterocycles. The van der Waals surface area contributed by atoms with Crippen LogP contribution in [0.4, 0.5) is 0 Å². The minimum Gasteiger partial charge on any atom is -0.454 e. The number of rotatable bonds is 4. The molecule has 3 unspecified atom stereocenters. The van der Waals surface area contributed by atoms with E-state index in [2.05, 4.69) is 10.9 Å². The van der Waals surface area contributed by atoms with Gasteiger partial charge in [0.1, 0.15) is 6.04 Å². The molecule has 2 heterocycles. The second-order valence-electron chi connectivity index (χ2n) is 6.86. The number of hydrogen-bond donors (Lipinski definition) is 2. The molecule has 0 bridgehead atoms. The summed E-state index contributed by atoms with van der Waals surface area (Å²) in [6.45, 7) is 3.60. The number of fused-ring (bicyclic) bond motifs is 2. The lowest BCUT2D eigenvalue weighted by Crippen LogP contribution is -2.47. The van der Waals surface area contributed by atoms with Crippen molar-refractivity contribution < 1.29 is 14.3 Å². The first kappa shape index (κ1) is 15.7. The molecular weight excluding hydrogens is 306 g/mol. The molecule has 1 saturated carbocycles. The third kappa shape index (κ3) is 2.84. The Hall–Kier alpha value is -1.79.